The molecule has 3 fully saturated rings. The van der Waals surface area contributed by atoms with E-state index in [0.29, 0.717) is 36.0 Å². The second-order valence-electron chi connectivity index (χ2n) is 11.6. The number of esters is 1. The van der Waals surface area contributed by atoms with E-state index in [1.54, 1.807) is 0 Å². The Morgan fingerprint density at radius 1 is 1.11 bits per heavy atom. The number of allylic oxidation sites excluding steroid dienone is 1. The Hall–Kier alpha value is -2.39. The summed E-state index contributed by atoms with van der Waals surface area (Å²) in [7, 11) is -1.31. The van der Waals surface area contributed by atoms with Crippen molar-refractivity contribution in [1.82, 2.24) is 0 Å². The van der Waals surface area contributed by atoms with Crippen LogP contribution in [0.4, 0.5) is 0 Å². The van der Waals surface area contributed by atoms with Crippen molar-refractivity contribution < 1.29 is 32.2 Å². The minimum Gasteiger partial charge on any atom is -0.493 e. The Kier molecular flexibility index (Phi) is 6.67. The van der Waals surface area contributed by atoms with E-state index in [2.05, 4.69) is 13.8 Å². The lowest BCUT2D eigenvalue weighted by molar-refractivity contribution is -0.116. The van der Waals surface area contributed by atoms with E-state index in [9.17, 15) is 18.0 Å². The van der Waals surface area contributed by atoms with Gasteiger partial charge in [-0.3, -0.25) is 4.79 Å². The fourth-order valence-corrected chi connectivity index (χ4v) is 8.74. The number of primary sulfonamides is 1. The second kappa shape index (κ2) is 9.42. The van der Waals surface area contributed by atoms with Crippen LogP contribution in [0.2, 0.25) is 0 Å². The Bertz CT molecular complexity index is 1260. The molecule has 0 radical (unpaired) electrons. The molecule has 5 unspecified atom stereocenters. The number of ether oxygens (including phenoxy) is 3. The van der Waals surface area contributed by atoms with Gasteiger partial charge in [0.15, 0.2) is 17.3 Å². The molecule has 4 aliphatic carbocycles. The van der Waals surface area contributed by atoms with E-state index in [1.807, 2.05) is 6.08 Å². The van der Waals surface area contributed by atoms with Crippen molar-refractivity contribution in [2.45, 2.75) is 69.8 Å². The first kappa shape index (κ1) is 26.2. The number of hydrogen-bond acceptors (Lipinski definition) is 7. The van der Waals surface area contributed by atoms with Gasteiger partial charge in [-0.05, 0) is 80.3 Å². The highest BCUT2D eigenvalue weighted by atomic mass is 32.2. The van der Waals surface area contributed by atoms with Gasteiger partial charge in [0.05, 0.1) is 19.1 Å². The van der Waals surface area contributed by atoms with Gasteiger partial charge < -0.3 is 14.2 Å². The van der Waals surface area contributed by atoms with Gasteiger partial charge in [0, 0.05) is 17.9 Å². The monoisotopic (exact) mass is 531 g/mol. The minimum atomic E-state index is -4.08. The number of ketones is 1. The van der Waals surface area contributed by atoms with E-state index in [0.717, 1.165) is 38.5 Å². The summed E-state index contributed by atoms with van der Waals surface area (Å²) < 4.78 is 40.9. The predicted octanol–water partition coefficient (Wildman–Crippen LogP) is 4.26. The van der Waals surface area contributed by atoms with E-state index >= 15 is 0 Å². The van der Waals surface area contributed by atoms with Gasteiger partial charge >= 0.3 is 5.97 Å². The predicted molar refractivity (Wildman–Crippen MR) is 137 cm³/mol. The smallest absolute Gasteiger partial charge is 0.342 e. The highest BCUT2D eigenvalue weighted by Crippen LogP contribution is 2.63. The zero-order chi connectivity index (χ0) is 26.7. The molecule has 0 heterocycles. The molecule has 2 N–H and O–H groups in total. The van der Waals surface area contributed by atoms with Crippen molar-refractivity contribution in [3.05, 3.63) is 29.3 Å². The zero-order valence-corrected chi connectivity index (χ0v) is 22.8. The third kappa shape index (κ3) is 4.38. The Labute approximate surface area is 219 Å². The van der Waals surface area contributed by atoms with Crippen LogP contribution in [0.1, 0.15) is 69.2 Å². The Balaban J connectivity index is 1.41. The van der Waals surface area contributed by atoms with Gasteiger partial charge in [0.1, 0.15) is 11.7 Å². The number of nitrogens with two attached hydrogens (primary N) is 1. The molecular weight excluding hydrogens is 494 g/mol. The largest absolute Gasteiger partial charge is 0.493 e. The fraction of sp³-hybridized carbons (Fsp3) is 0.643. The quantitative estimate of drug-likeness (QED) is 0.563. The first-order valence-corrected chi connectivity index (χ1v) is 14.8. The number of fused-ring (bicyclic) bond motifs is 5. The van der Waals surface area contributed by atoms with Gasteiger partial charge in [0.25, 0.3) is 0 Å². The number of sulfonamides is 1. The van der Waals surface area contributed by atoms with Crippen LogP contribution in [0.3, 0.4) is 0 Å². The lowest BCUT2D eigenvalue weighted by atomic mass is 9.49. The van der Waals surface area contributed by atoms with E-state index < -0.39 is 16.0 Å². The van der Waals surface area contributed by atoms with Gasteiger partial charge in [-0.1, -0.05) is 19.4 Å². The maximum atomic E-state index is 13.5. The second-order valence-corrected chi connectivity index (χ2v) is 13.2. The van der Waals surface area contributed by atoms with Crippen LogP contribution < -0.4 is 14.6 Å². The molecule has 0 spiro atoms. The van der Waals surface area contributed by atoms with Crippen LogP contribution in [0.15, 0.2) is 28.7 Å². The molecule has 0 aromatic heterocycles. The topological polar surface area (TPSA) is 122 Å². The van der Waals surface area contributed by atoms with E-state index in [1.165, 1.54) is 31.9 Å². The maximum Gasteiger partial charge on any atom is 0.342 e. The number of hydrogen-bond donors (Lipinski definition) is 1. The van der Waals surface area contributed by atoms with Crippen molar-refractivity contribution in [3.8, 4) is 11.5 Å². The molecule has 7 atom stereocenters. The lowest BCUT2D eigenvalue weighted by Gasteiger charge is -2.55. The van der Waals surface area contributed by atoms with Crippen LogP contribution in [0.5, 0.6) is 11.5 Å². The van der Waals surface area contributed by atoms with Gasteiger partial charge in [-0.15, -0.1) is 0 Å². The summed E-state index contributed by atoms with van der Waals surface area (Å²) in [5.74, 6) is 2.38. The molecule has 1 aromatic rings. The molecule has 4 aliphatic rings. The van der Waals surface area contributed by atoms with Crippen molar-refractivity contribution in [1.29, 1.82) is 0 Å². The number of methoxy groups -OCH3 is 2. The fourth-order valence-electron chi connectivity index (χ4n) is 8.18. The van der Waals surface area contributed by atoms with Crippen LogP contribution in [0.25, 0.3) is 0 Å². The standard InChI is InChI=1S/C28H37NO7S/c1-15-11-16-12-17(30)5-6-19(16)20-9-10-28(2)22(25(15)20)7-8-24(28)36-27(31)21-13-18(37(29,32)33)14-23(34-3)26(21)35-4/h12-15,19-20,22,24-25H,5-11H2,1-4H3,(H2,29,32,33)/t15?,19?,20?,22?,24-,25?,28-/m0/s1. The molecule has 0 amide bonds. The molecule has 5 rings (SSSR count). The molecule has 0 saturated heterocycles. The third-order valence-corrected chi connectivity index (χ3v) is 10.7. The molecule has 3 saturated carbocycles. The number of carbonyl (C=O) groups excluding carboxylic acids is 2. The van der Waals surface area contributed by atoms with Crippen molar-refractivity contribution >= 4 is 21.8 Å². The number of rotatable bonds is 5. The normalized spacial score (nSPS) is 35.1. The number of benzene rings is 1. The van der Waals surface area contributed by atoms with E-state index in [-0.39, 0.29) is 39.3 Å². The lowest BCUT2D eigenvalue weighted by Crippen LogP contribution is -2.50. The summed E-state index contributed by atoms with van der Waals surface area (Å²) in [6.07, 6.45) is 8.00. The first-order valence-electron chi connectivity index (χ1n) is 13.2. The summed E-state index contributed by atoms with van der Waals surface area (Å²) in [6.45, 7) is 4.56. The summed E-state index contributed by atoms with van der Waals surface area (Å²) in [5.41, 5.74) is 1.18. The van der Waals surface area contributed by atoms with E-state index in [4.69, 9.17) is 19.3 Å². The summed E-state index contributed by atoms with van der Waals surface area (Å²) >= 11 is 0. The van der Waals surface area contributed by atoms with Crippen LogP contribution in [0, 0.1) is 35.0 Å². The molecule has 37 heavy (non-hydrogen) atoms. The summed E-state index contributed by atoms with van der Waals surface area (Å²) in [5, 5.41) is 5.34. The average molecular weight is 532 g/mol. The van der Waals surface area contributed by atoms with Gasteiger partial charge in [-0.25, -0.2) is 18.4 Å². The number of carbonyl (C=O) groups is 2. The minimum absolute atomic E-state index is 0.0145. The molecule has 1 aromatic carbocycles. The summed E-state index contributed by atoms with van der Waals surface area (Å²) in [6, 6.07) is 2.44. The highest BCUT2D eigenvalue weighted by Gasteiger charge is 2.59. The maximum absolute atomic E-state index is 13.5. The highest BCUT2D eigenvalue weighted by molar-refractivity contribution is 7.89. The average Bonchev–Trinajstić information content (AvgIpc) is 3.17. The Morgan fingerprint density at radius 3 is 2.54 bits per heavy atom. The van der Waals surface area contributed by atoms with Crippen LogP contribution in [-0.2, 0) is 19.6 Å². The molecule has 202 valence electrons. The van der Waals surface area contributed by atoms with Crippen molar-refractivity contribution in [3.63, 3.8) is 0 Å². The molecule has 9 heteroatoms. The molecule has 8 nitrogen and oxygen atoms in total. The van der Waals surface area contributed by atoms with Gasteiger partial charge in [0.2, 0.25) is 10.0 Å². The van der Waals surface area contributed by atoms with Crippen LogP contribution in [-0.4, -0.2) is 40.5 Å². The third-order valence-electron chi connectivity index (χ3n) is 9.80. The first-order chi connectivity index (χ1) is 17.5. The molecule has 0 bridgehead atoms. The summed E-state index contributed by atoms with van der Waals surface area (Å²) in [4.78, 5) is 25.3. The zero-order valence-electron chi connectivity index (χ0n) is 22.0. The van der Waals surface area contributed by atoms with Crippen molar-refractivity contribution in [2.75, 3.05) is 14.2 Å². The Morgan fingerprint density at radius 2 is 1.86 bits per heavy atom. The van der Waals surface area contributed by atoms with Crippen molar-refractivity contribution in [2.24, 2.45) is 40.1 Å². The molecule has 0 aliphatic heterocycles. The SMILES string of the molecule is COc1cc(S(N)(=O)=O)cc(C(=O)O[C@H]2CCC3C4C(C)CC5=CC(=O)CCC5C4CC[C@@]32C)c1OC. The van der Waals surface area contributed by atoms with Crippen LogP contribution >= 0.6 is 0 Å². The molecular formula is C28H37NO7S. The van der Waals surface area contributed by atoms with Gasteiger partial charge in [-0.2, -0.15) is 0 Å².